The van der Waals surface area contributed by atoms with Crippen LogP contribution in [-0.2, 0) is 9.53 Å². The number of halogens is 2. The normalized spacial score (nSPS) is 22.2. The lowest BCUT2D eigenvalue weighted by molar-refractivity contribution is -0.156. The van der Waals surface area contributed by atoms with Gasteiger partial charge in [0.1, 0.15) is 17.2 Å². The van der Waals surface area contributed by atoms with E-state index in [1.165, 1.54) is 12.1 Å². The van der Waals surface area contributed by atoms with Gasteiger partial charge in [0.25, 0.3) is 5.91 Å². The molecule has 0 unspecified atom stereocenters. The summed E-state index contributed by atoms with van der Waals surface area (Å²) in [5, 5.41) is 0. The van der Waals surface area contributed by atoms with Gasteiger partial charge >= 0.3 is 0 Å². The first-order chi connectivity index (χ1) is 22.9. The van der Waals surface area contributed by atoms with Crippen LogP contribution >= 0.6 is 0 Å². The second-order valence-corrected chi connectivity index (χ2v) is 15.2. The lowest BCUT2D eigenvalue weighted by Crippen LogP contribution is -2.72. The number of carbonyl (C=O) groups is 2. The fourth-order valence-corrected chi connectivity index (χ4v) is 8.57. The summed E-state index contributed by atoms with van der Waals surface area (Å²) >= 11 is 0. The van der Waals surface area contributed by atoms with Gasteiger partial charge in [0, 0.05) is 81.9 Å². The monoisotopic (exact) mass is 662 g/mol. The number of morpholine rings is 1. The first-order valence-electron chi connectivity index (χ1n) is 17.5. The lowest BCUT2D eigenvalue weighted by atomic mass is 9.72. The van der Waals surface area contributed by atoms with Crippen molar-refractivity contribution in [2.45, 2.75) is 65.5 Å². The van der Waals surface area contributed by atoms with Gasteiger partial charge in [0.2, 0.25) is 11.9 Å². The number of ether oxygens (including phenoxy) is 1. The Bertz CT molecular complexity index is 1700. The molecule has 0 bridgehead atoms. The topological polar surface area (TPSA) is 73.6 Å². The molecule has 0 aliphatic carbocycles. The van der Waals surface area contributed by atoms with Crippen LogP contribution in [0.5, 0.6) is 0 Å². The van der Waals surface area contributed by atoms with Gasteiger partial charge in [0.15, 0.2) is 0 Å². The van der Waals surface area contributed by atoms with Crippen LogP contribution in [0.15, 0.2) is 30.5 Å². The second kappa shape index (κ2) is 12.8. The van der Waals surface area contributed by atoms with Crippen LogP contribution in [0.4, 0.5) is 8.78 Å². The van der Waals surface area contributed by atoms with Crippen LogP contribution in [0, 0.1) is 30.0 Å². The van der Waals surface area contributed by atoms with E-state index in [2.05, 4.69) is 28.6 Å². The second-order valence-electron chi connectivity index (χ2n) is 15.2. The Labute approximate surface area is 281 Å². The largest absolute Gasteiger partial charge is 0.377 e. The molecule has 0 saturated carbocycles. The Kier molecular flexibility index (Phi) is 8.83. The highest BCUT2D eigenvalue weighted by molar-refractivity contribution is 6.03. The average molecular weight is 663 g/mol. The minimum atomic E-state index is -0.603. The summed E-state index contributed by atoms with van der Waals surface area (Å²) in [7, 11) is 0. The minimum Gasteiger partial charge on any atom is -0.377 e. The Morgan fingerprint density at radius 1 is 1.08 bits per heavy atom. The smallest absolute Gasteiger partial charge is 0.254 e. The van der Waals surface area contributed by atoms with E-state index in [0.717, 1.165) is 64.2 Å². The molecule has 11 heteroatoms. The molecule has 4 fully saturated rings. The SMILES string of the molecule is CC(=O)N1CC2(CN(CCC[C@H](C(C)C)N3CC(c4cc(-c5ccc(F)cc5C(=O)N5CCOC[C@H]5C)c5c(F)nc(C)n5c4)C3)C2)C1. The number of pyridine rings is 1. The van der Waals surface area contributed by atoms with Crippen molar-refractivity contribution in [1.82, 2.24) is 29.0 Å². The number of aromatic nitrogens is 2. The van der Waals surface area contributed by atoms with Crippen LogP contribution in [-0.4, -0.2) is 118 Å². The lowest BCUT2D eigenvalue weighted by Gasteiger charge is -2.60. The van der Waals surface area contributed by atoms with Gasteiger partial charge in [-0.15, -0.1) is 0 Å². The van der Waals surface area contributed by atoms with E-state index in [0.29, 0.717) is 59.6 Å². The molecular formula is C37H48F2N6O3. The number of amides is 2. The number of fused-ring (bicyclic) bond motifs is 1. The molecule has 3 aromatic rings. The standard InChI is InChI=1S/C37H48F2N6O3/c1-23(2)33(7-6-10-41-19-37(20-41)21-43(22-37)26(5)46)42-15-28(16-42)27-13-31(34-35(39)40-25(4)45(34)17-27)30-9-8-29(38)14-32(30)36(47)44-11-12-48-18-24(44)3/h8-9,13-14,17,23-24,28,33H,6-7,10-12,15-16,18-22H2,1-5H3/t24-,33-/m1/s1. The Balaban J connectivity index is 1.07. The summed E-state index contributed by atoms with van der Waals surface area (Å²) < 4.78 is 37.4. The van der Waals surface area contributed by atoms with Crippen molar-refractivity contribution in [2.24, 2.45) is 11.3 Å². The number of likely N-dealkylation sites (tertiary alicyclic amines) is 3. The number of aryl methyl sites for hydroxylation is 1. The Morgan fingerprint density at radius 3 is 2.52 bits per heavy atom. The molecule has 9 nitrogen and oxygen atoms in total. The maximum Gasteiger partial charge on any atom is 0.254 e. The molecule has 6 heterocycles. The van der Waals surface area contributed by atoms with Gasteiger partial charge in [-0.3, -0.25) is 14.5 Å². The molecule has 1 aromatic carbocycles. The highest BCUT2D eigenvalue weighted by Gasteiger charge is 2.52. The first-order valence-corrected chi connectivity index (χ1v) is 17.5. The van der Waals surface area contributed by atoms with Gasteiger partial charge in [-0.05, 0) is 68.5 Å². The molecule has 2 atom stereocenters. The van der Waals surface area contributed by atoms with Crippen molar-refractivity contribution in [3.63, 3.8) is 0 Å². The Hall–Kier alpha value is -3.41. The van der Waals surface area contributed by atoms with Gasteiger partial charge in [-0.1, -0.05) is 19.9 Å². The summed E-state index contributed by atoms with van der Waals surface area (Å²) in [6.45, 7) is 18.1. The van der Waals surface area contributed by atoms with Crippen molar-refractivity contribution >= 4 is 17.3 Å². The van der Waals surface area contributed by atoms with Crippen molar-refractivity contribution in [1.29, 1.82) is 0 Å². The summed E-state index contributed by atoms with van der Waals surface area (Å²) in [6, 6.07) is 6.52. The number of carbonyl (C=O) groups excluding carboxylic acids is 2. The number of hydrogen-bond donors (Lipinski definition) is 0. The zero-order valence-electron chi connectivity index (χ0n) is 28.8. The minimum absolute atomic E-state index is 0.151. The summed E-state index contributed by atoms with van der Waals surface area (Å²) in [5.74, 6) is 0.0821. The number of rotatable bonds is 9. The predicted molar refractivity (Wildman–Crippen MR) is 180 cm³/mol. The Morgan fingerprint density at radius 2 is 1.83 bits per heavy atom. The molecule has 7 rings (SSSR count). The molecule has 4 aliphatic heterocycles. The van der Waals surface area contributed by atoms with E-state index in [1.807, 2.05) is 24.1 Å². The molecule has 48 heavy (non-hydrogen) atoms. The third kappa shape index (κ3) is 6.02. The summed E-state index contributed by atoms with van der Waals surface area (Å²) in [5.41, 5.74) is 2.98. The van der Waals surface area contributed by atoms with Crippen molar-refractivity contribution < 1.29 is 23.1 Å². The zero-order valence-corrected chi connectivity index (χ0v) is 28.8. The van der Waals surface area contributed by atoms with Crippen molar-refractivity contribution in [3.05, 3.63) is 59.2 Å². The predicted octanol–water partition coefficient (Wildman–Crippen LogP) is 4.82. The van der Waals surface area contributed by atoms with Crippen LogP contribution < -0.4 is 0 Å². The van der Waals surface area contributed by atoms with Gasteiger partial charge in [0.05, 0.1) is 24.8 Å². The van der Waals surface area contributed by atoms with E-state index in [1.54, 1.807) is 29.2 Å². The van der Waals surface area contributed by atoms with E-state index in [-0.39, 0.29) is 29.3 Å². The summed E-state index contributed by atoms with van der Waals surface area (Å²) in [4.78, 5) is 38.4. The van der Waals surface area contributed by atoms with E-state index in [9.17, 15) is 14.0 Å². The van der Waals surface area contributed by atoms with Crippen LogP contribution in [0.3, 0.4) is 0 Å². The number of imidazole rings is 1. The highest BCUT2D eigenvalue weighted by atomic mass is 19.1. The maximum absolute atomic E-state index is 15.4. The molecule has 0 radical (unpaired) electrons. The fraction of sp³-hybridized carbons (Fsp3) is 0.595. The quantitative estimate of drug-likeness (QED) is 0.328. The number of hydrogen-bond acceptors (Lipinski definition) is 6. The van der Waals surface area contributed by atoms with Gasteiger partial charge in [-0.25, -0.2) is 9.37 Å². The van der Waals surface area contributed by atoms with E-state index >= 15 is 4.39 Å². The molecule has 4 aliphatic rings. The molecule has 0 N–H and O–H groups in total. The molecule has 258 valence electrons. The average Bonchev–Trinajstić information content (AvgIpc) is 3.27. The van der Waals surface area contributed by atoms with Crippen molar-refractivity contribution in [3.8, 4) is 11.1 Å². The molecule has 1 spiro atoms. The number of nitrogens with zero attached hydrogens (tertiary/aromatic N) is 6. The summed E-state index contributed by atoms with van der Waals surface area (Å²) in [6.07, 6.45) is 4.26. The van der Waals surface area contributed by atoms with Gasteiger partial charge < -0.3 is 23.8 Å². The first kappa shape index (κ1) is 33.1. The maximum atomic E-state index is 15.4. The van der Waals surface area contributed by atoms with E-state index < -0.39 is 11.8 Å². The van der Waals surface area contributed by atoms with Crippen LogP contribution in [0.2, 0.25) is 0 Å². The molecule has 2 amide bonds. The van der Waals surface area contributed by atoms with Gasteiger partial charge in [-0.2, -0.15) is 4.39 Å². The third-order valence-corrected chi connectivity index (χ3v) is 11.2. The van der Waals surface area contributed by atoms with Crippen molar-refractivity contribution in [2.75, 3.05) is 65.6 Å². The molecule has 4 saturated heterocycles. The zero-order chi connectivity index (χ0) is 33.9. The van der Waals surface area contributed by atoms with E-state index in [4.69, 9.17) is 4.74 Å². The highest BCUT2D eigenvalue weighted by Crippen LogP contribution is 2.41. The molecular weight excluding hydrogens is 614 g/mol. The van der Waals surface area contributed by atoms with Crippen LogP contribution in [0.25, 0.3) is 16.6 Å². The molecule has 2 aromatic heterocycles. The third-order valence-electron chi connectivity index (χ3n) is 11.2. The number of benzene rings is 1. The van der Waals surface area contributed by atoms with Crippen LogP contribution in [0.1, 0.15) is 68.2 Å². The fourth-order valence-electron chi connectivity index (χ4n) is 8.57.